The fourth-order valence-corrected chi connectivity index (χ4v) is 7.26. The number of aliphatic hydroxyl groups is 1. The number of aromatic nitrogens is 3. The Bertz CT molecular complexity index is 2350. The maximum absolute atomic E-state index is 11.6. The van der Waals surface area contributed by atoms with Crippen LogP contribution in [0.4, 0.5) is 0 Å². The van der Waals surface area contributed by atoms with E-state index in [0.717, 1.165) is 66.0 Å². The molecule has 3 heterocycles. The normalized spacial score (nSPS) is 13.8. The Hall–Kier alpha value is -5.32. The molecule has 0 aliphatic carbocycles. The molecule has 7 rings (SSSR count). The minimum absolute atomic E-state index is 0.0653. The summed E-state index contributed by atoms with van der Waals surface area (Å²) in [5.74, 6) is -0.731. The predicted molar refractivity (Wildman–Crippen MR) is 211 cm³/mol. The van der Waals surface area contributed by atoms with Gasteiger partial charge in [0.2, 0.25) is 0 Å². The number of halogens is 2. The average Bonchev–Trinajstić information content (AvgIpc) is 3.62. The summed E-state index contributed by atoms with van der Waals surface area (Å²) in [6.45, 7) is 4.18. The molecule has 1 atom stereocenters. The van der Waals surface area contributed by atoms with Gasteiger partial charge in [-0.1, -0.05) is 77.8 Å². The molecule has 0 radical (unpaired) electrons. The van der Waals surface area contributed by atoms with Crippen molar-refractivity contribution >= 4 is 40.1 Å². The number of pyridine rings is 1. The lowest BCUT2D eigenvalue weighted by Gasteiger charge is -2.26. The van der Waals surface area contributed by atoms with Crippen molar-refractivity contribution in [1.82, 2.24) is 25.0 Å². The van der Waals surface area contributed by atoms with Crippen LogP contribution in [-0.2, 0) is 35.8 Å². The number of benzene rings is 4. The second-order valence-corrected chi connectivity index (χ2v) is 14.1. The zero-order valence-electron chi connectivity index (χ0n) is 29.8. The molecule has 6 aromatic rings. The van der Waals surface area contributed by atoms with Crippen LogP contribution in [0.25, 0.3) is 33.2 Å². The smallest absolute Gasteiger partial charge is 0.323 e. The molecule has 13 heteroatoms. The Morgan fingerprint density at radius 3 is 2.45 bits per heavy atom. The summed E-state index contributed by atoms with van der Waals surface area (Å²) in [7, 11) is 0. The zero-order chi connectivity index (χ0) is 38.3. The fourth-order valence-electron chi connectivity index (χ4n) is 6.68. The quantitative estimate of drug-likeness (QED) is 0.106. The first-order valence-electron chi connectivity index (χ1n) is 17.8. The first-order valence-corrected chi connectivity index (χ1v) is 18.5. The number of aliphatic hydroxyl groups excluding tert-OH is 1. The molecule has 0 unspecified atom stereocenters. The van der Waals surface area contributed by atoms with Crippen molar-refractivity contribution in [1.29, 1.82) is 5.26 Å². The minimum atomic E-state index is -1.18. The van der Waals surface area contributed by atoms with Crippen molar-refractivity contribution in [2.24, 2.45) is 0 Å². The van der Waals surface area contributed by atoms with Crippen LogP contribution >= 0.6 is 23.2 Å². The topological polar surface area (TPSA) is 146 Å². The fraction of sp³-hybridized carbons (Fsp3) is 0.238. The van der Waals surface area contributed by atoms with E-state index in [-0.39, 0.29) is 13.2 Å². The third-order valence-electron chi connectivity index (χ3n) is 9.64. The van der Waals surface area contributed by atoms with Gasteiger partial charge in [0.15, 0.2) is 0 Å². The number of fused-ring (bicyclic) bond motifs is 1. The Morgan fingerprint density at radius 1 is 0.927 bits per heavy atom. The van der Waals surface area contributed by atoms with Crippen molar-refractivity contribution in [3.05, 3.63) is 135 Å². The standard InChI is InChI=1S/C42H38Cl2N6O5/c43-37-16-31(21-47-38(25-51)42(52)53)40(55-26-29-15-28(18-45)19-46-20-29)17-32(37)24-50-39-6-2-4-34(36(39)22-48-50)35-5-1-3-33(41(35)44)30-9-7-27(8-10-30)23-49-11-13-54-14-12-49/h1-10,15-17,19-20,22,38,47,51H,11-14,21,23-26H2,(H,52,53)/t38-/m0/s1. The third kappa shape index (κ3) is 8.82. The molecular weight excluding hydrogens is 739 g/mol. The Balaban J connectivity index is 1.16. The minimum Gasteiger partial charge on any atom is -0.489 e. The van der Waals surface area contributed by atoms with Gasteiger partial charge in [0.05, 0.1) is 48.7 Å². The van der Waals surface area contributed by atoms with Crippen molar-refractivity contribution in [2.45, 2.75) is 32.3 Å². The molecule has 2 aromatic heterocycles. The summed E-state index contributed by atoms with van der Waals surface area (Å²) in [5.41, 5.74) is 8.33. The SMILES string of the molecule is N#Cc1cncc(COc2cc(Cn3ncc4c(-c5cccc(-c6ccc(CN7CCOCC7)cc6)c5Cl)cccc43)c(Cl)cc2CN[C@@H](CO)C(=O)O)c1. The highest BCUT2D eigenvalue weighted by molar-refractivity contribution is 6.36. The largest absolute Gasteiger partial charge is 0.489 e. The van der Waals surface area contributed by atoms with E-state index in [9.17, 15) is 20.3 Å². The number of rotatable bonds is 14. The number of hydrogen-bond donors (Lipinski definition) is 3. The highest BCUT2D eigenvalue weighted by Crippen LogP contribution is 2.39. The van der Waals surface area contributed by atoms with Crippen molar-refractivity contribution in [3.63, 3.8) is 0 Å². The third-order valence-corrected chi connectivity index (χ3v) is 10.4. The van der Waals surface area contributed by atoms with Crippen molar-refractivity contribution in [3.8, 4) is 34.1 Å². The number of carboxylic acids is 1. The van der Waals surface area contributed by atoms with Crippen molar-refractivity contribution < 1.29 is 24.5 Å². The van der Waals surface area contributed by atoms with Gasteiger partial charge in [0, 0.05) is 71.2 Å². The number of carbonyl (C=O) groups is 1. The maximum atomic E-state index is 11.6. The van der Waals surface area contributed by atoms with Crippen LogP contribution in [0.15, 0.2) is 97.5 Å². The Labute approximate surface area is 328 Å². The summed E-state index contributed by atoms with van der Waals surface area (Å²) < 4.78 is 13.6. The van der Waals surface area contributed by atoms with E-state index in [1.54, 1.807) is 24.4 Å². The van der Waals surface area contributed by atoms with Gasteiger partial charge in [-0.2, -0.15) is 10.4 Å². The molecule has 4 aromatic carbocycles. The molecule has 1 fully saturated rings. The molecule has 280 valence electrons. The van der Waals surface area contributed by atoms with Gasteiger partial charge < -0.3 is 19.7 Å². The van der Waals surface area contributed by atoms with Gasteiger partial charge in [-0.25, -0.2) is 0 Å². The summed E-state index contributed by atoms with van der Waals surface area (Å²) in [5, 5.41) is 37.9. The van der Waals surface area contributed by atoms with Gasteiger partial charge in [0.25, 0.3) is 0 Å². The van der Waals surface area contributed by atoms with E-state index < -0.39 is 18.6 Å². The summed E-state index contributed by atoms with van der Waals surface area (Å²) >= 11 is 14.0. The van der Waals surface area contributed by atoms with Crippen LogP contribution in [0.3, 0.4) is 0 Å². The van der Waals surface area contributed by atoms with Gasteiger partial charge in [-0.15, -0.1) is 0 Å². The van der Waals surface area contributed by atoms with Crippen molar-refractivity contribution in [2.75, 3.05) is 32.9 Å². The first kappa shape index (κ1) is 38.0. The van der Waals surface area contributed by atoms with Gasteiger partial charge in [-0.3, -0.25) is 24.7 Å². The van der Waals surface area contributed by atoms with Crippen LogP contribution in [0, 0.1) is 11.3 Å². The van der Waals surface area contributed by atoms with Gasteiger partial charge in [-0.05, 0) is 46.5 Å². The van der Waals surface area contributed by atoms with Gasteiger partial charge >= 0.3 is 5.97 Å². The number of ether oxygens (including phenoxy) is 2. The van der Waals surface area contributed by atoms with Crippen LogP contribution in [0.5, 0.6) is 5.75 Å². The molecule has 0 bridgehead atoms. The molecule has 11 nitrogen and oxygen atoms in total. The second-order valence-electron chi connectivity index (χ2n) is 13.3. The summed E-state index contributed by atoms with van der Waals surface area (Å²) in [6, 6.07) is 26.8. The van der Waals surface area contributed by atoms with E-state index in [1.165, 1.54) is 11.8 Å². The van der Waals surface area contributed by atoms with E-state index in [1.807, 2.05) is 47.3 Å². The molecule has 3 N–H and O–H groups in total. The lowest BCUT2D eigenvalue weighted by molar-refractivity contribution is -0.140. The number of morpholine rings is 1. The molecule has 1 aliphatic rings. The lowest BCUT2D eigenvalue weighted by Crippen LogP contribution is -2.39. The molecule has 0 saturated carbocycles. The Kier molecular flexibility index (Phi) is 12.0. The van der Waals surface area contributed by atoms with Crippen LogP contribution < -0.4 is 10.1 Å². The number of carboxylic acid groups (broad SMARTS) is 1. The number of nitrogens with zero attached hydrogens (tertiary/aromatic N) is 5. The molecule has 0 amide bonds. The summed E-state index contributed by atoms with van der Waals surface area (Å²) in [4.78, 5) is 18.1. The maximum Gasteiger partial charge on any atom is 0.323 e. The zero-order valence-corrected chi connectivity index (χ0v) is 31.3. The monoisotopic (exact) mass is 776 g/mol. The number of aliphatic carboxylic acids is 1. The number of nitrogens with one attached hydrogen (secondary N) is 1. The van der Waals surface area contributed by atoms with Crippen LogP contribution in [0.2, 0.25) is 10.0 Å². The van der Waals surface area contributed by atoms with E-state index in [4.69, 9.17) is 37.8 Å². The second kappa shape index (κ2) is 17.4. The van der Waals surface area contributed by atoms with E-state index in [2.05, 4.69) is 45.5 Å². The molecule has 1 aliphatic heterocycles. The van der Waals surface area contributed by atoms with Crippen LogP contribution in [-0.4, -0.2) is 74.8 Å². The molecule has 55 heavy (non-hydrogen) atoms. The van der Waals surface area contributed by atoms with Gasteiger partial charge in [0.1, 0.15) is 24.5 Å². The van der Waals surface area contributed by atoms with E-state index >= 15 is 0 Å². The predicted octanol–water partition coefficient (Wildman–Crippen LogP) is 6.94. The molecular formula is C42H38Cl2N6O5. The highest BCUT2D eigenvalue weighted by Gasteiger charge is 2.20. The van der Waals surface area contributed by atoms with E-state index in [0.29, 0.717) is 44.6 Å². The highest BCUT2D eigenvalue weighted by atomic mass is 35.5. The molecule has 0 spiro atoms. The molecule has 1 saturated heterocycles. The first-order chi connectivity index (χ1) is 26.8. The number of hydrogen-bond acceptors (Lipinski definition) is 9. The Morgan fingerprint density at radius 2 is 1.69 bits per heavy atom. The summed E-state index contributed by atoms with van der Waals surface area (Å²) in [6.07, 6.45) is 4.91. The lowest BCUT2D eigenvalue weighted by atomic mass is 9.96. The number of nitriles is 1. The van der Waals surface area contributed by atoms with Crippen LogP contribution in [0.1, 0.15) is 27.8 Å². The average molecular weight is 778 g/mol.